The van der Waals surface area contributed by atoms with Crippen molar-refractivity contribution in [2.24, 2.45) is 5.92 Å². The number of thiophene rings is 1. The molecule has 0 bridgehead atoms. The molecule has 0 spiro atoms. The van der Waals surface area contributed by atoms with Crippen LogP contribution in [0.25, 0.3) is 0 Å². The Balaban J connectivity index is 1.84. The number of rotatable bonds is 3. The second-order valence-electron chi connectivity index (χ2n) is 6.15. The highest BCUT2D eigenvalue weighted by molar-refractivity contribution is 7.10. The van der Waals surface area contributed by atoms with Crippen molar-refractivity contribution in [2.75, 3.05) is 19.8 Å². The minimum atomic E-state index is -0.124. The largest absolute Gasteiger partial charge is 0.293 e. The zero-order chi connectivity index (χ0) is 13.1. The molecule has 1 nitrogen and oxygen atoms in total. The van der Waals surface area contributed by atoms with Crippen LogP contribution in [0.5, 0.6) is 0 Å². The molecule has 1 aliphatic carbocycles. The SMILES string of the molecule is FCC1CCC(c2cccs2)(N2CCCCC2)CC1. The van der Waals surface area contributed by atoms with E-state index < -0.39 is 0 Å². The minimum absolute atomic E-state index is 0.124. The molecule has 1 aromatic heterocycles. The number of likely N-dealkylation sites (tertiary alicyclic amines) is 1. The lowest BCUT2D eigenvalue weighted by molar-refractivity contribution is 0.0170. The van der Waals surface area contributed by atoms with Crippen LogP contribution in [0.3, 0.4) is 0 Å². The first-order valence-electron chi connectivity index (χ1n) is 7.70. The van der Waals surface area contributed by atoms with Gasteiger partial charge in [-0.1, -0.05) is 12.5 Å². The second kappa shape index (κ2) is 5.92. The lowest BCUT2D eigenvalue weighted by Crippen LogP contribution is -2.50. The highest BCUT2D eigenvalue weighted by Crippen LogP contribution is 2.46. The van der Waals surface area contributed by atoms with Crippen LogP contribution in [-0.4, -0.2) is 24.7 Å². The smallest absolute Gasteiger partial charge is 0.0922 e. The fourth-order valence-electron chi connectivity index (χ4n) is 3.89. The highest BCUT2D eigenvalue weighted by atomic mass is 32.1. The van der Waals surface area contributed by atoms with Crippen LogP contribution < -0.4 is 0 Å². The van der Waals surface area contributed by atoms with Gasteiger partial charge >= 0.3 is 0 Å². The van der Waals surface area contributed by atoms with Crippen LogP contribution in [0.4, 0.5) is 4.39 Å². The summed E-state index contributed by atoms with van der Waals surface area (Å²) in [6, 6.07) is 4.47. The maximum atomic E-state index is 12.9. The van der Waals surface area contributed by atoms with Crippen LogP contribution in [0.15, 0.2) is 17.5 Å². The summed E-state index contributed by atoms with van der Waals surface area (Å²) in [6.45, 7) is 2.34. The van der Waals surface area contributed by atoms with E-state index in [1.165, 1.54) is 37.2 Å². The third kappa shape index (κ3) is 2.59. The number of hydrogen-bond donors (Lipinski definition) is 0. The molecular formula is C16H24FNS. The van der Waals surface area contributed by atoms with Gasteiger partial charge in [0, 0.05) is 4.88 Å². The molecule has 0 amide bonds. The molecule has 3 heteroatoms. The van der Waals surface area contributed by atoms with Crippen molar-refractivity contribution in [2.45, 2.75) is 50.5 Å². The molecule has 0 atom stereocenters. The zero-order valence-corrected chi connectivity index (χ0v) is 12.4. The molecule has 2 heterocycles. The van der Waals surface area contributed by atoms with Crippen LogP contribution in [0, 0.1) is 5.92 Å². The van der Waals surface area contributed by atoms with Crippen molar-refractivity contribution in [1.29, 1.82) is 0 Å². The van der Waals surface area contributed by atoms with E-state index >= 15 is 0 Å². The summed E-state index contributed by atoms with van der Waals surface area (Å²) in [6.07, 6.45) is 8.48. The Morgan fingerprint density at radius 3 is 2.53 bits per heavy atom. The van der Waals surface area contributed by atoms with Crippen molar-refractivity contribution in [3.05, 3.63) is 22.4 Å². The predicted molar refractivity (Wildman–Crippen MR) is 79.4 cm³/mol. The van der Waals surface area contributed by atoms with Crippen LogP contribution >= 0.6 is 11.3 Å². The molecule has 0 radical (unpaired) electrons. The van der Waals surface area contributed by atoms with Gasteiger partial charge in [0.05, 0.1) is 12.2 Å². The van der Waals surface area contributed by atoms with Gasteiger partial charge in [-0.05, 0) is 69.0 Å². The Morgan fingerprint density at radius 2 is 1.95 bits per heavy atom. The first-order valence-corrected chi connectivity index (χ1v) is 8.58. The van der Waals surface area contributed by atoms with E-state index in [1.54, 1.807) is 0 Å². The molecule has 2 fully saturated rings. The molecule has 3 rings (SSSR count). The quantitative estimate of drug-likeness (QED) is 0.783. The van der Waals surface area contributed by atoms with Gasteiger partial charge < -0.3 is 0 Å². The molecule has 1 saturated carbocycles. The number of piperidine rings is 1. The molecule has 1 saturated heterocycles. The maximum absolute atomic E-state index is 12.9. The van der Waals surface area contributed by atoms with Crippen LogP contribution in [-0.2, 0) is 5.54 Å². The van der Waals surface area contributed by atoms with Crippen molar-refractivity contribution < 1.29 is 4.39 Å². The van der Waals surface area contributed by atoms with E-state index in [4.69, 9.17) is 0 Å². The van der Waals surface area contributed by atoms with Gasteiger partial charge in [0.15, 0.2) is 0 Å². The molecule has 2 aliphatic rings. The van der Waals surface area contributed by atoms with Gasteiger partial charge in [-0.2, -0.15) is 0 Å². The number of halogens is 1. The molecule has 19 heavy (non-hydrogen) atoms. The predicted octanol–water partition coefficient (Wildman–Crippen LogP) is 4.59. The number of nitrogens with zero attached hydrogens (tertiary/aromatic N) is 1. The van der Waals surface area contributed by atoms with E-state index in [2.05, 4.69) is 22.4 Å². The summed E-state index contributed by atoms with van der Waals surface area (Å²) in [4.78, 5) is 4.24. The second-order valence-corrected chi connectivity index (χ2v) is 7.10. The topological polar surface area (TPSA) is 3.24 Å². The summed E-state index contributed by atoms with van der Waals surface area (Å²) in [5.41, 5.74) is 0.236. The standard InChI is InChI=1S/C16H24FNS/c17-13-14-6-8-16(9-7-14,15-5-4-12-19-15)18-10-2-1-3-11-18/h4-5,12,14H,1-3,6-11,13H2. The van der Waals surface area contributed by atoms with Gasteiger partial charge in [0.1, 0.15) is 0 Å². The Morgan fingerprint density at radius 1 is 1.21 bits per heavy atom. The van der Waals surface area contributed by atoms with Gasteiger partial charge in [-0.15, -0.1) is 11.3 Å². The van der Waals surface area contributed by atoms with E-state index in [0.29, 0.717) is 5.92 Å². The molecule has 0 aromatic carbocycles. The van der Waals surface area contributed by atoms with Gasteiger partial charge in [-0.25, -0.2) is 0 Å². The monoisotopic (exact) mass is 281 g/mol. The maximum Gasteiger partial charge on any atom is 0.0922 e. The van der Waals surface area contributed by atoms with Gasteiger partial charge in [0.2, 0.25) is 0 Å². The molecule has 0 unspecified atom stereocenters. The van der Waals surface area contributed by atoms with Crippen molar-refractivity contribution in [1.82, 2.24) is 4.90 Å². The van der Waals surface area contributed by atoms with Gasteiger partial charge in [-0.3, -0.25) is 9.29 Å². The molecule has 1 aromatic rings. The summed E-state index contributed by atoms with van der Waals surface area (Å²) in [7, 11) is 0. The third-order valence-electron chi connectivity index (χ3n) is 5.09. The Labute approximate surface area is 119 Å². The average Bonchev–Trinajstić information content (AvgIpc) is 3.03. The lowest BCUT2D eigenvalue weighted by Gasteiger charge is -2.49. The lowest BCUT2D eigenvalue weighted by atomic mass is 9.74. The van der Waals surface area contributed by atoms with Crippen molar-refractivity contribution in [3.63, 3.8) is 0 Å². The molecule has 1 aliphatic heterocycles. The first-order chi connectivity index (χ1) is 9.35. The van der Waals surface area contributed by atoms with Crippen LogP contribution in [0.1, 0.15) is 49.8 Å². The zero-order valence-electron chi connectivity index (χ0n) is 11.6. The normalized spacial score (nSPS) is 33.4. The Hall–Kier alpha value is -0.410. The van der Waals surface area contributed by atoms with Crippen molar-refractivity contribution in [3.8, 4) is 0 Å². The van der Waals surface area contributed by atoms with E-state index in [0.717, 1.165) is 25.7 Å². The summed E-state index contributed by atoms with van der Waals surface area (Å²) in [5.74, 6) is 0.317. The molecule has 0 N–H and O–H groups in total. The van der Waals surface area contributed by atoms with Gasteiger partial charge in [0.25, 0.3) is 0 Å². The molecule has 106 valence electrons. The number of alkyl halides is 1. The van der Waals surface area contributed by atoms with E-state index in [-0.39, 0.29) is 12.2 Å². The van der Waals surface area contributed by atoms with E-state index in [1.807, 2.05) is 11.3 Å². The summed E-state index contributed by atoms with van der Waals surface area (Å²) < 4.78 is 12.9. The Bertz CT molecular complexity index is 375. The fourth-order valence-corrected chi connectivity index (χ4v) is 4.91. The highest BCUT2D eigenvalue weighted by Gasteiger charge is 2.42. The average molecular weight is 281 g/mol. The number of hydrogen-bond acceptors (Lipinski definition) is 2. The first kappa shape index (κ1) is 13.6. The Kier molecular flexibility index (Phi) is 4.23. The summed E-state index contributed by atoms with van der Waals surface area (Å²) >= 11 is 1.90. The molecular weight excluding hydrogens is 257 g/mol. The minimum Gasteiger partial charge on any atom is -0.293 e. The van der Waals surface area contributed by atoms with E-state index in [9.17, 15) is 4.39 Å². The fraction of sp³-hybridized carbons (Fsp3) is 0.750. The van der Waals surface area contributed by atoms with Crippen LogP contribution in [0.2, 0.25) is 0 Å². The summed E-state index contributed by atoms with van der Waals surface area (Å²) in [5, 5.41) is 2.20. The third-order valence-corrected chi connectivity index (χ3v) is 6.15. The van der Waals surface area contributed by atoms with Crippen molar-refractivity contribution >= 4 is 11.3 Å².